The first kappa shape index (κ1) is 18.1. The highest BCUT2D eigenvalue weighted by Gasteiger charge is 2.38. The molecule has 0 saturated carbocycles. The number of carbonyl (C=O) groups excluding carboxylic acids is 1. The highest BCUT2D eigenvalue weighted by molar-refractivity contribution is 6.31. The van der Waals surface area contributed by atoms with Crippen molar-refractivity contribution in [3.63, 3.8) is 0 Å². The summed E-state index contributed by atoms with van der Waals surface area (Å²) in [5.74, 6) is -0.181. The van der Waals surface area contributed by atoms with Crippen molar-refractivity contribution < 1.29 is 18.0 Å². The first-order valence-electron chi connectivity index (χ1n) is 7.46. The number of carbonyl (C=O) groups is 1. The fourth-order valence-electron chi connectivity index (χ4n) is 2.58. The Morgan fingerprint density at radius 1 is 1.39 bits per heavy atom. The van der Waals surface area contributed by atoms with Gasteiger partial charge in [-0.15, -0.1) is 0 Å². The van der Waals surface area contributed by atoms with Gasteiger partial charge < -0.3 is 10.2 Å². The molecule has 9 heteroatoms. The first-order valence-corrected chi connectivity index (χ1v) is 7.84. The zero-order valence-electron chi connectivity index (χ0n) is 13.1. The topological polar surface area (TPSA) is 50.2 Å². The molecular formula is C14H20ClF3N4O. The lowest BCUT2D eigenvalue weighted by molar-refractivity contribution is -0.141. The fraction of sp³-hybridized carbons (Fsp3) is 0.714. The molecular weight excluding hydrogens is 333 g/mol. The number of aryl methyl sites for hydroxylation is 1. The van der Waals surface area contributed by atoms with E-state index in [-0.39, 0.29) is 30.6 Å². The van der Waals surface area contributed by atoms with Gasteiger partial charge >= 0.3 is 6.18 Å². The van der Waals surface area contributed by atoms with Gasteiger partial charge in [0.25, 0.3) is 0 Å². The Kier molecular flexibility index (Phi) is 5.57. The quantitative estimate of drug-likeness (QED) is 0.905. The minimum Gasteiger partial charge on any atom is -0.353 e. The van der Waals surface area contributed by atoms with Crippen LogP contribution < -0.4 is 5.32 Å². The standard InChI is InChI=1S/C14H20ClF3N4O/c1-9-12(15)13(14(16,17)18)20-22(9)8-5-11(23)19-10-3-6-21(2)7-4-10/h10H,3-8H2,1-2H3,(H,19,23). The minimum atomic E-state index is -4.59. The Labute approximate surface area is 137 Å². The van der Waals surface area contributed by atoms with Crippen LogP contribution in [0.25, 0.3) is 0 Å². The van der Waals surface area contributed by atoms with E-state index in [1.807, 2.05) is 7.05 Å². The molecule has 1 aliphatic heterocycles. The van der Waals surface area contributed by atoms with Crippen molar-refractivity contribution in [2.75, 3.05) is 20.1 Å². The molecule has 1 aromatic heterocycles. The molecule has 0 aliphatic carbocycles. The van der Waals surface area contributed by atoms with Crippen molar-refractivity contribution in [3.05, 3.63) is 16.4 Å². The maximum absolute atomic E-state index is 12.7. The van der Waals surface area contributed by atoms with Gasteiger partial charge in [0.15, 0.2) is 5.69 Å². The molecule has 0 radical (unpaired) electrons. The molecule has 2 heterocycles. The molecule has 23 heavy (non-hydrogen) atoms. The average Bonchev–Trinajstić information content (AvgIpc) is 2.75. The van der Waals surface area contributed by atoms with Gasteiger partial charge in [0.1, 0.15) is 0 Å². The maximum atomic E-state index is 12.7. The van der Waals surface area contributed by atoms with Crippen LogP contribution >= 0.6 is 11.6 Å². The number of hydrogen-bond acceptors (Lipinski definition) is 3. The summed E-state index contributed by atoms with van der Waals surface area (Å²) in [6.45, 7) is 3.38. The van der Waals surface area contributed by atoms with E-state index in [2.05, 4.69) is 15.3 Å². The van der Waals surface area contributed by atoms with Crippen LogP contribution in [0.15, 0.2) is 0 Å². The van der Waals surface area contributed by atoms with E-state index in [0.717, 1.165) is 30.6 Å². The van der Waals surface area contributed by atoms with Crippen molar-refractivity contribution in [2.24, 2.45) is 0 Å². The SMILES string of the molecule is Cc1c(Cl)c(C(F)(F)F)nn1CCC(=O)NC1CCN(C)CC1. The number of hydrogen-bond donors (Lipinski definition) is 1. The number of halogens is 4. The largest absolute Gasteiger partial charge is 0.436 e. The number of aromatic nitrogens is 2. The van der Waals surface area contributed by atoms with E-state index in [9.17, 15) is 18.0 Å². The highest BCUT2D eigenvalue weighted by Crippen LogP contribution is 2.35. The third kappa shape index (κ3) is 4.60. The summed E-state index contributed by atoms with van der Waals surface area (Å²) in [7, 11) is 2.03. The molecule has 2 rings (SSSR count). The number of rotatable bonds is 4. The molecule has 0 spiro atoms. The van der Waals surface area contributed by atoms with Crippen LogP contribution in [0.4, 0.5) is 13.2 Å². The van der Waals surface area contributed by atoms with Crippen LogP contribution in [0.1, 0.15) is 30.7 Å². The molecule has 1 aliphatic rings. The second-order valence-electron chi connectivity index (χ2n) is 5.86. The molecule has 1 N–H and O–H groups in total. The van der Waals surface area contributed by atoms with Crippen LogP contribution in [0.2, 0.25) is 5.02 Å². The molecule has 1 amide bonds. The Morgan fingerprint density at radius 3 is 2.52 bits per heavy atom. The normalized spacial score (nSPS) is 17.5. The van der Waals surface area contributed by atoms with Crippen LogP contribution in [-0.2, 0) is 17.5 Å². The summed E-state index contributed by atoms with van der Waals surface area (Å²) < 4.78 is 39.4. The second kappa shape index (κ2) is 7.09. The van der Waals surface area contributed by atoms with Crippen molar-refractivity contribution in [1.82, 2.24) is 20.0 Å². The number of nitrogens with one attached hydrogen (secondary N) is 1. The summed E-state index contributed by atoms with van der Waals surface area (Å²) >= 11 is 5.67. The van der Waals surface area contributed by atoms with Crippen LogP contribution in [0.5, 0.6) is 0 Å². The first-order chi connectivity index (χ1) is 10.7. The van der Waals surface area contributed by atoms with E-state index in [4.69, 9.17) is 11.6 Å². The predicted octanol–water partition coefficient (Wildman–Crippen LogP) is 2.46. The smallest absolute Gasteiger partial charge is 0.353 e. The fourth-order valence-corrected chi connectivity index (χ4v) is 2.83. The number of alkyl halides is 3. The summed E-state index contributed by atoms with van der Waals surface area (Å²) in [6.07, 6.45) is -2.76. The lowest BCUT2D eigenvalue weighted by atomic mass is 10.1. The van der Waals surface area contributed by atoms with Crippen LogP contribution in [0, 0.1) is 6.92 Å². The number of amides is 1. The van der Waals surface area contributed by atoms with E-state index in [1.165, 1.54) is 6.92 Å². The van der Waals surface area contributed by atoms with Crippen molar-refractivity contribution in [3.8, 4) is 0 Å². The number of likely N-dealkylation sites (tertiary alicyclic amines) is 1. The summed E-state index contributed by atoms with van der Waals surface area (Å²) in [6, 6.07) is 0.131. The Balaban J connectivity index is 1.89. The van der Waals surface area contributed by atoms with Gasteiger partial charge in [-0.3, -0.25) is 9.48 Å². The second-order valence-corrected chi connectivity index (χ2v) is 6.24. The van der Waals surface area contributed by atoms with E-state index in [1.54, 1.807) is 0 Å². The van der Waals surface area contributed by atoms with Crippen LogP contribution in [0.3, 0.4) is 0 Å². The molecule has 1 fully saturated rings. The summed E-state index contributed by atoms with van der Waals surface area (Å²) in [5.41, 5.74) is -0.890. The number of piperidine rings is 1. The van der Waals surface area contributed by atoms with E-state index >= 15 is 0 Å². The molecule has 130 valence electrons. The third-order valence-electron chi connectivity index (χ3n) is 4.04. The van der Waals surface area contributed by atoms with Crippen LogP contribution in [-0.4, -0.2) is 46.8 Å². The predicted molar refractivity (Wildman–Crippen MR) is 80.3 cm³/mol. The van der Waals surface area contributed by atoms with Gasteiger partial charge in [-0.05, 0) is 39.9 Å². The Morgan fingerprint density at radius 2 is 2.00 bits per heavy atom. The van der Waals surface area contributed by atoms with Gasteiger partial charge in [0.05, 0.1) is 17.3 Å². The van der Waals surface area contributed by atoms with Crippen molar-refractivity contribution in [2.45, 2.75) is 44.9 Å². The zero-order chi connectivity index (χ0) is 17.2. The van der Waals surface area contributed by atoms with Crippen molar-refractivity contribution >= 4 is 17.5 Å². The Bertz CT molecular complexity index is 565. The zero-order valence-corrected chi connectivity index (χ0v) is 13.8. The maximum Gasteiger partial charge on any atom is 0.436 e. The monoisotopic (exact) mass is 352 g/mol. The number of nitrogens with zero attached hydrogens (tertiary/aromatic N) is 3. The highest BCUT2D eigenvalue weighted by atomic mass is 35.5. The summed E-state index contributed by atoms with van der Waals surface area (Å²) in [5, 5.41) is 5.99. The van der Waals surface area contributed by atoms with E-state index < -0.39 is 16.9 Å². The molecule has 0 bridgehead atoms. The lowest BCUT2D eigenvalue weighted by Gasteiger charge is -2.29. The molecule has 0 atom stereocenters. The third-order valence-corrected chi connectivity index (χ3v) is 4.49. The average molecular weight is 353 g/mol. The molecule has 0 unspecified atom stereocenters. The van der Waals surface area contributed by atoms with Gasteiger partial charge in [0, 0.05) is 12.5 Å². The molecule has 5 nitrogen and oxygen atoms in total. The lowest BCUT2D eigenvalue weighted by Crippen LogP contribution is -2.43. The minimum absolute atomic E-state index is 0.0695. The van der Waals surface area contributed by atoms with Gasteiger partial charge in [-0.2, -0.15) is 18.3 Å². The van der Waals surface area contributed by atoms with Gasteiger partial charge in [0.2, 0.25) is 5.91 Å². The molecule has 1 aromatic rings. The Hall–Kier alpha value is -1.28. The molecule has 1 saturated heterocycles. The molecule has 0 aromatic carbocycles. The van der Waals surface area contributed by atoms with Crippen molar-refractivity contribution in [1.29, 1.82) is 0 Å². The van der Waals surface area contributed by atoms with Gasteiger partial charge in [-0.1, -0.05) is 11.6 Å². The van der Waals surface area contributed by atoms with Gasteiger partial charge in [-0.25, -0.2) is 0 Å². The summed E-state index contributed by atoms with van der Waals surface area (Å²) in [4.78, 5) is 14.1. The van der Waals surface area contributed by atoms with E-state index in [0.29, 0.717) is 0 Å².